The number of aryl methyl sites for hydroxylation is 2. The van der Waals surface area contributed by atoms with Crippen molar-refractivity contribution in [1.29, 1.82) is 0 Å². The Bertz CT molecular complexity index is 801. The smallest absolute Gasteiger partial charge is 0.240 e. The Balaban J connectivity index is 1.51. The highest BCUT2D eigenvalue weighted by Crippen LogP contribution is 2.47. The second-order valence-corrected chi connectivity index (χ2v) is 7.28. The van der Waals surface area contributed by atoms with Crippen molar-refractivity contribution in [3.05, 3.63) is 64.7 Å². The molecule has 1 aliphatic carbocycles. The molecule has 0 aliphatic heterocycles. The number of hydrogen-bond donors (Lipinski definition) is 2. The van der Waals surface area contributed by atoms with Crippen LogP contribution in [-0.4, -0.2) is 18.4 Å². The SMILES string of the molecule is Cc1ccc(Cl)cc1NC(=O)C1(C(=O)NCCCc2ccccc2)CC1. The third-order valence-electron chi connectivity index (χ3n) is 4.84. The highest BCUT2D eigenvalue weighted by atomic mass is 35.5. The largest absolute Gasteiger partial charge is 0.355 e. The first kappa shape index (κ1) is 18.5. The van der Waals surface area contributed by atoms with Gasteiger partial charge in [0.2, 0.25) is 11.8 Å². The van der Waals surface area contributed by atoms with Crippen LogP contribution in [0.1, 0.15) is 30.4 Å². The van der Waals surface area contributed by atoms with Gasteiger partial charge >= 0.3 is 0 Å². The van der Waals surface area contributed by atoms with Crippen molar-refractivity contribution < 1.29 is 9.59 Å². The molecular weight excluding hydrogens is 348 g/mol. The molecule has 0 aromatic heterocycles. The van der Waals surface area contributed by atoms with Gasteiger partial charge in [-0.2, -0.15) is 0 Å². The summed E-state index contributed by atoms with van der Waals surface area (Å²) in [6.45, 7) is 2.47. The van der Waals surface area contributed by atoms with Gasteiger partial charge in [0, 0.05) is 17.3 Å². The Morgan fingerprint density at radius 3 is 2.50 bits per heavy atom. The van der Waals surface area contributed by atoms with E-state index in [0.717, 1.165) is 18.4 Å². The Morgan fingerprint density at radius 2 is 1.81 bits per heavy atom. The fourth-order valence-corrected chi connectivity index (χ4v) is 3.13. The van der Waals surface area contributed by atoms with Crippen LogP contribution >= 0.6 is 11.6 Å². The van der Waals surface area contributed by atoms with Crippen LogP contribution in [0.4, 0.5) is 5.69 Å². The van der Waals surface area contributed by atoms with E-state index in [1.165, 1.54) is 5.56 Å². The number of halogens is 1. The first-order valence-electron chi connectivity index (χ1n) is 8.91. The number of carbonyl (C=O) groups excluding carboxylic acids is 2. The first-order chi connectivity index (χ1) is 12.5. The summed E-state index contributed by atoms with van der Waals surface area (Å²) in [7, 11) is 0. The molecule has 0 atom stereocenters. The van der Waals surface area contributed by atoms with E-state index in [4.69, 9.17) is 11.6 Å². The monoisotopic (exact) mass is 370 g/mol. The number of hydrogen-bond acceptors (Lipinski definition) is 2. The molecule has 2 N–H and O–H groups in total. The second kappa shape index (κ2) is 7.92. The minimum absolute atomic E-state index is 0.178. The Morgan fingerprint density at radius 1 is 1.08 bits per heavy atom. The van der Waals surface area contributed by atoms with Crippen LogP contribution in [0.25, 0.3) is 0 Å². The minimum Gasteiger partial charge on any atom is -0.355 e. The minimum atomic E-state index is -0.929. The zero-order valence-corrected chi connectivity index (χ0v) is 15.6. The van der Waals surface area contributed by atoms with E-state index in [9.17, 15) is 9.59 Å². The lowest BCUT2D eigenvalue weighted by molar-refractivity contribution is -0.134. The van der Waals surface area contributed by atoms with Gasteiger partial charge < -0.3 is 10.6 Å². The molecule has 0 radical (unpaired) electrons. The van der Waals surface area contributed by atoms with E-state index in [1.807, 2.05) is 31.2 Å². The first-order valence-corrected chi connectivity index (χ1v) is 9.29. The highest BCUT2D eigenvalue weighted by molar-refractivity contribution is 6.31. The third-order valence-corrected chi connectivity index (χ3v) is 5.07. The average Bonchev–Trinajstić information content (AvgIpc) is 3.44. The topological polar surface area (TPSA) is 58.2 Å². The van der Waals surface area contributed by atoms with Gasteiger partial charge in [-0.3, -0.25) is 9.59 Å². The van der Waals surface area contributed by atoms with Crippen molar-refractivity contribution in [2.75, 3.05) is 11.9 Å². The zero-order valence-electron chi connectivity index (χ0n) is 14.8. The van der Waals surface area contributed by atoms with Crippen LogP contribution in [-0.2, 0) is 16.0 Å². The fourth-order valence-electron chi connectivity index (χ4n) is 2.96. The van der Waals surface area contributed by atoms with E-state index in [2.05, 4.69) is 22.8 Å². The van der Waals surface area contributed by atoms with E-state index in [-0.39, 0.29) is 11.8 Å². The van der Waals surface area contributed by atoms with Crippen molar-refractivity contribution in [3.63, 3.8) is 0 Å². The maximum absolute atomic E-state index is 12.6. The maximum atomic E-state index is 12.6. The molecule has 0 bridgehead atoms. The molecule has 0 saturated heterocycles. The van der Waals surface area contributed by atoms with Crippen molar-refractivity contribution in [1.82, 2.24) is 5.32 Å². The summed E-state index contributed by atoms with van der Waals surface area (Å²) in [5.74, 6) is -0.425. The lowest BCUT2D eigenvalue weighted by Gasteiger charge is -2.16. The lowest BCUT2D eigenvalue weighted by atomic mass is 10.0. The van der Waals surface area contributed by atoms with Gasteiger partial charge in [0.15, 0.2) is 0 Å². The predicted octanol–water partition coefficient (Wildman–Crippen LogP) is 4.12. The van der Waals surface area contributed by atoms with Gasteiger partial charge in [0.25, 0.3) is 0 Å². The predicted molar refractivity (Wildman–Crippen MR) is 104 cm³/mol. The van der Waals surface area contributed by atoms with Crippen LogP contribution < -0.4 is 10.6 Å². The number of nitrogens with one attached hydrogen (secondary N) is 2. The number of anilines is 1. The van der Waals surface area contributed by atoms with E-state index < -0.39 is 5.41 Å². The molecule has 2 amide bonds. The Kier molecular flexibility index (Phi) is 5.62. The highest BCUT2D eigenvalue weighted by Gasteiger charge is 2.56. The molecule has 1 saturated carbocycles. The lowest BCUT2D eigenvalue weighted by Crippen LogP contribution is -2.40. The molecule has 0 unspecified atom stereocenters. The average molecular weight is 371 g/mol. The molecule has 3 rings (SSSR count). The summed E-state index contributed by atoms with van der Waals surface area (Å²) in [5.41, 5.74) is 1.89. The summed E-state index contributed by atoms with van der Waals surface area (Å²) in [6, 6.07) is 15.5. The van der Waals surface area contributed by atoms with E-state index in [0.29, 0.717) is 30.1 Å². The molecule has 0 spiro atoms. The number of rotatable bonds is 7. The van der Waals surface area contributed by atoms with Gasteiger partial charge in [-0.25, -0.2) is 0 Å². The zero-order chi connectivity index (χ0) is 18.6. The van der Waals surface area contributed by atoms with Crippen LogP contribution in [0.5, 0.6) is 0 Å². The molecule has 5 heteroatoms. The molecule has 4 nitrogen and oxygen atoms in total. The van der Waals surface area contributed by atoms with Crippen molar-refractivity contribution in [2.24, 2.45) is 5.41 Å². The fraction of sp³-hybridized carbons (Fsp3) is 0.333. The summed E-state index contributed by atoms with van der Waals surface area (Å²) in [6.07, 6.45) is 2.93. The normalized spacial score (nSPS) is 14.5. The summed E-state index contributed by atoms with van der Waals surface area (Å²) in [5, 5.41) is 6.35. The second-order valence-electron chi connectivity index (χ2n) is 6.84. The standard InChI is InChI=1S/C21H23ClN2O2/c1-15-9-10-17(22)14-18(15)24-20(26)21(11-12-21)19(25)23-13-5-8-16-6-3-2-4-7-16/h2-4,6-7,9-10,14H,5,8,11-13H2,1H3,(H,23,25)(H,24,26). The molecule has 1 aliphatic rings. The maximum Gasteiger partial charge on any atom is 0.240 e. The van der Waals surface area contributed by atoms with Gasteiger partial charge in [-0.1, -0.05) is 48.0 Å². The van der Waals surface area contributed by atoms with Gasteiger partial charge in [-0.15, -0.1) is 0 Å². The Labute approximate surface area is 158 Å². The van der Waals surface area contributed by atoms with Crippen LogP contribution in [0.2, 0.25) is 5.02 Å². The molecule has 1 fully saturated rings. The van der Waals surface area contributed by atoms with Crippen LogP contribution in [0.15, 0.2) is 48.5 Å². The van der Waals surface area contributed by atoms with Crippen molar-refractivity contribution in [2.45, 2.75) is 32.6 Å². The van der Waals surface area contributed by atoms with Crippen molar-refractivity contribution in [3.8, 4) is 0 Å². The van der Waals surface area contributed by atoms with Crippen LogP contribution in [0, 0.1) is 12.3 Å². The Hall–Kier alpha value is -2.33. The van der Waals surface area contributed by atoms with E-state index >= 15 is 0 Å². The molecule has 136 valence electrons. The quantitative estimate of drug-likeness (QED) is 0.569. The molecule has 2 aromatic rings. The van der Waals surface area contributed by atoms with Gasteiger partial charge in [0.1, 0.15) is 5.41 Å². The molecule has 0 heterocycles. The summed E-state index contributed by atoms with van der Waals surface area (Å²) in [4.78, 5) is 25.2. The molecule has 26 heavy (non-hydrogen) atoms. The molecular formula is C21H23ClN2O2. The van der Waals surface area contributed by atoms with Crippen molar-refractivity contribution >= 4 is 29.1 Å². The molecule has 2 aromatic carbocycles. The van der Waals surface area contributed by atoms with Crippen LogP contribution in [0.3, 0.4) is 0 Å². The van der Waals surface area contributed by atoms with Gasteiger partial charge in [-0.05, 0) is 55.9 Å². The summed E-state index contributed by atoms with van der Waals surface area (Å²) >= 11 is 6.00. The van der Waals surface area contributed by atoms with Gasteiger partial charge in [0.05, 0.1) is 0 Å². The number of carbonyl (C=O) groups is 2. The third kappa shape index (κ3) is 4.25. The number of amides is 2. The summed E-state index contributed by atoms with van der Waals surface area (Å²) < 4.78 is 0. The van der Waals surface area contributed by atoms with E-state index in [1.54, 1.807) is 12.1 Å². The number of benzene rings is 2.